The van der Waals surface area contributed by atoms with Gasteiger partial charge in [-0.05, 0) is 134 Å². The van der Waals surface area contributed by atoms with Crippen LogP contribution >= 0.6 is 11.3 Å². The number of thiophene rings is 1. The predicted molar refractivity (Wildman–Crippen MR) is 296 cm³/mol. The molecule has 0 saturated heterocycles. The zero-order valence-corrected chi connectivity index (χ0v) is 38.7. The van der Waals surface area contributed by atoms with Gasteiger partial charge in [0.15, 0.2) is 0 Å². The molecule has 326 valence electrons. The van der Waals surface area contributed by atoms with E-state index in [2.05, 4.69) is 289 Å². The second-order valence-corrected chi connectivity index (χ2v) is 18.4. The number of anilines is 6. The summed E-state index contributed by atoms with van der Waals surface area (Å²) in [5.74, 6) is 0. The summed E-state index contributed by atoms with van der Waals surface area (Å²) in [6.07, 6.45) is 0. The third kappa shape index (κ3) is 8.37. The first kappa shape index (κ1) is 41.7. The highest BCUT2D eigenvalue weighted by Crippen LogP contribution is 2.43. The molecule has 0 aliphatic carbocycles. The molecule has 2 nitrogen and oxygen atoms in total. The number of hydrogen-bond donors (Lipinski definition) is 0. The van der Waals surface area contributed by atoms with Crippen molar-refractivity contribution in [2.45, 2.75) is 0 Å². The molecular weight excluding hydrogens is 853 g/mol. The fourth-order valence-corrected chi connectivity index (χ4v) is 10.8. The van der Waals surface area contributed by atoms with Crippen molar-refractivity contribution in [3.05, 3.63) is 279 Å². The lowest BCUT2D eigenvalue weighted by Gasteiger charge is -2.27. The third-order valence-corrected chi connectivity index (χ3v) is 14.3. The molecule has 1 aromatic heterocycles. The molecule has 3 heteroatoms. The minimum absolute atomic E-state index is 1.09. The van der Waals surface area contributed by atoms with Gasteiger partial charge in [-0.3, -0.25) is 0 Å². The van der Waals surface area contributed by atoms with Crippen LogP contribution in [-0.2, 0) is 0 Å². The van der Waals surface area contributed by atoms with Crippen molar-refractivity contribution in [2.75, 3.05) is 9.80 Å². The summed E-state index contributed by atoms with van der Waals surface area (Å²) < 4.78 is 2.64. The molecule has 0 aliphatic rings. The van der Waals surface area contributed by atoms with Gasteiger partial charge < -0.3 is 9.80 Å². The molecule has 12 rings (SSSR count). The van der Waals surface area contributed by atoms with Crippen molar-refractivity contribution in [1.82, 2.24) is 0 Å². The van der Waals surface area contributed by atoms with E-state index >= 15 is 0 Å². The molecular formula is C66H46N2S. The maximum atomic E-state index is 2.36. The summed E-state index contributed by atoms with van der Waals surface area (Å²) in [5, 5.41) is 2.63. The maximum absolute atomic E-state index is 2.36. The summed E-state index contributed by atoms with van der Waals surface area (Å²) in [7, 11) is 0. The molecule has 0 atom stereocenters. The summed E-state index contributed by atoms with van der Waals surface area (Å²) in [4.78, 5) is 4.70. The monoisotopic (exact) mass is 898 g/mol. The second kappa shape index (κ2) is 18.5. The molecule has 0 aliphatic heterocycles. The number of fused-ring (bicyclic) bond motifs is 3. The number of nitrogens with zero attached hydrogens (tertiary/aromatic N) is 2. The van der Waals surface area contributed by atoms with Gasteiger partial charge in [0, 0.05) is 54.3 Å². The van der Waals surface area contributed by atoms with E-state index < -0.39 is 0 Å². The fourth-order valence-electron chi connectivity index (χ4n) is 9.57. The third-order valence-electron chi connectivity index (χ3n) is 13.1. The van der Waals surface area contributed by atoms with E-state index in [1.54, 1.807) is 0 Å². The van der Waals surface area contributed by atoms with Gasteiger partial charge in [0.2, 0.25) is 0 Å². The molecule has 0 saturated carbocycles. The zero-order valence-electron chi connectivity index (χ0n) is 37.9. The quantitative estimate of drug-likeness (QED) is 0.128. The van der Waals surface area contributed by atoms with Gasteiger partial charge in [0.25, 0.3) is 0 Å². The Kier molecular flexibility index (Phi) is 11.2. The predicted octanol–water partition coefficient (Wildman–Crippen LogP) is 19.3. The lowest BCUT2D eigenvalue weighted by Crippen LogP contribution is -2.10. The van der Waals surface area contributed by atoms with E-state index in [4.69, 9.17) is 0 Å². The van der Waals surface area contributed by atoms with Crippen LogP contribution in [0.15, 0.2) is 279 Å². The first-order valence-corrected chi connectivity index (χ1v) is 24.3. The molecule has 0 spiro atoms. The molecule has 12 aromatic rings. The Bertz CT molecular complexity index is 3560. The van der Waals surface area contributed by atoms with Crippen LogP contribution in [0.3, 0.4) is 0 Å². The minimum atomic E-state index is 1.09. The smallest absolute Gasteiger partial charge is 0.0462 e. The molecule has 69 heavy (non-hydrogen) atoms. The number of benzene rings is 11. The zero-order chi connectivity index (χ0) is 45.9. The summed E-state index contributed by atoms with van der Waals surface area (Å²) in [6.45, 7) is 0. The first-order chi connectivity index (χ1) is 34.2. The van der Waals surface area contributed by atoms with E-state index in [0.717, 1.165) is 45.3 Å². The number of rotatable bonds is 11. The first-order valence-electron chi connectivity index (χ1n) is 23.5. The van der Waals surface area contributed by atoms with E-state index in [1.165, 1.54) is 64.7 Å². The van der Waals surface area contributed by atoms with Crippen LogP contribution in [0, 0.1) is 0 Å². The highest BCUT2D eigenvalue weighted by atomic mass is 32.1. The minimum Gasteiger partial charge on any atom is -0.311 e. The topological polar surface area (TPSA) is 6.48 Å². The molecule has 0 fully saturated rings. The average Bonchev–Trinajstić information content (AvgIpc) is 3.82. The molecule has 0 unspecified atom stereocenters. The lowest BCUT2D eigenvalue weighted by atomic mass is 10.0. The van der Waals surface area contributed by atoms with Crippen molar-refractivity contribution in [3.8, 4) is 55.6 Å². The average molecular weight is 899 g/mol. The van der Waals surface area contributed by atoms with Gasteiger partial charge in [-0.25, -0.2) is 0 Å². The Morgan fingerprint density at radius 3 is 0.826 bits per heavy atom. The van der Waals surface area contributed by atoms with E-state index in [0.29, 0.717) is 0 Å². The van der Waals surface area contributed by atoms with E-state index in [9.17, 15) is 0 Å². The molecule has 0 radical (unpaired) electrons. The molecule has 1 heterocycles. The largest absolute Gasteiger partial charge is 0.311 e. The van der Waals surface area contributed by atoms with Crippen molar-refractivity contribution >= 4 is 65.6 Å². The maximum Gasteiger partial charge on any atom is 0.0462 e. The highest BCUT2D eigenvalue weighted by molar-refractivity contribution is 7.26. The molecule has 0 N–H and O–H groups in total. The summed E-state index contributed by atoms with van der Waals surface area (Å²) in [6, 6.07) is 101. The Balaban J connectivity index is 0.866. The lowest BCUT2D eigenvalue weighted by molar-refractivity contribution is 1.28. The van der Waals surface area contributed by atoms with E-state index in [-0.39, 0.29) is 0 Å². The Hall–Kier alpha value is -8.76. The van der Waals surface area contributed by atoms with Crippen LogP contribution in [0.5, 0.6) is 0 Å². The van der Waals surface area contributed by atoms with Crippen LogP contribution in [0.4, 0.5) is 34.1 Å². The highest BCUT2D eigenvalue weighted by Gasteiger charge is 2.17. The van der Waals surface area contributed by atoms with Crippen LogP contribution in [0.2, 0.25) is 0 Å². The van der Waals surface area contributed by atoms with Crippen LogP contribution < -0.4 is 9.80 Å². The van der Waals surface area contributed by atoms with Gasteiger partial charge in [0.1, 0.15) is 0 Å². The fraction of sp³-hybridized carbons (Fsp3) is 0. The van der Waals surface area contributed by atoms with E-state index in [1.807, 2.05) is 11.3 Å². The standard InChI is InChI=1S/C66H46N2S/c1-4-13-47(14-5-1)50-23-35-56(36-24-50)67(57-37-25-51(26-38-57)48-15-6-2-7-16-48)59-41-29-53(30-42-59)54-31-43-60(44-32-54)68(58-39-27-52(28-40-58)49-17-8-3-9-18-49)61-45-33-55(34-46-61)62-20-12-21-64-63-19-10-11-22-65(63)69-66(62)64/h1-46H. The van der Waals surface area contributed by atoms with Crippen molar-refractivity contribution < 1.29 is 0 Å². The molecule has 0 bridgehead atoms. The van der Waals surface area contributed by atoms with Crippen LogP contribution in [0.25, 0.3) is 75.8 Å². The Morgan fingerprint density at radius 1 is 0.203 bits per heavy atom. The van der Waals surface area contributed by atoms with Crippen molar-refractivity contribution in [2.24, 2.45) is 0 Å². The van der Waals surface area contributed by atoms with Gasteiger partial charge >= 0.3 is 0 Å². The molecule has 11 aromatic carbocycles. The normalized spacial score (nSPS) is 11.2. The van der Waals surface area contributed by atoms with Gasteiger partial charge in [-0.2, -0.15) is 0 Å². The van der Waals surface area contributed by atoms with Gasteiger partial charge in [-0.15, -0.1) is 11.3 Å². The van der Waals surface area contributed by atoms with Crippen LogP contribution in [0.1, 0.15) is 0 Å². The summed E-state index contributed by atoms with van der Waals surface area (Å²) in [5.41, 5.74) is 18.5. The van der Waals surface area contributed by atoms with Crippen LogP contribution in [-0.4, -0.2) is 0 Å². The van der Waals surface area contributed by atoms with Crippen molar-refractivity contribution in [3.63, 3.8) is 0 Å². The Morgan fingerprint density at radius 2 is 0.478 bits per heavy atom. The molecule has 0 amide bonds. The van der Waals surface area contributed by atoms with Gasteiger partial charge in [-0.1, -0.05) is 200 Å². The summed E-state index contributed by atoms with van der Waals surface area (Å²) >= 11 is 1.87. The van der Waals surface area contributed by atoms with Gasteiger partial charge in [0.05, 0.1) is 0 Å². The second-order valence-electron chi connectivity index (χ2n) is 17.3. The van der Waals surface area contributed by atoms with Crippen molar-refractivity contribution in [1.29, 1.82) is 0 Å². The Labute approximate surface area is 407 Å². The SMILES string of the molecule is c1ccc(-c2ccc(N(c3ccc(-c4ccccc4)cc3)c3ccc(-c4ccc(N(c5ccc(-c6ccccc6)cc5)c5ccc(-c6cccc7c6sc6ccccc67)cc5)cc4)cc3)cc2)cc1. The number of hydrogen-bond acceptors (Lipinski definition) is 3.